The highest BCUT2D eigenvalue weighted by Crippen LogP contribution is 2.44. The lowest BCUT2D eigenvalue weighted by Crippen LogP contribution is -2.43. The van der Waals surface area contributed by atoms with Crippen LogP contribution in [0.25, 0.3) is 0 Å². The van der Waals surface area contributed by atoms with Crippen LogP contribution in [0.2, 0.25) is 61.9 Å². The zero-order valence-electron chi connectivity index (χ0n) is 18.1. The van der Waals surface area contributed by atoms with Gasteiger partial charge in [-0.05, 0) is 39.3 Å². The smallest absolute Gasteiger partial charge is 0.170 e. The minimum absolute atomic E-state index is 0.937. The fourth-order valence-corrected chi connectivity index (χ4v) is 18.2. The number of hydrogen-bond acceptors (Lipinski definition) is 1. The van der Waals surface area contributed by atoms with E-state index in [-0.39, 0.29) is 0 Å². The van der Waals surface area contributed by atoms with Crippen LogP contribution in [0.4, 0.5) is 0 Å². The van der Waals surface area contributed by atoms with Crippen molar-refractivity contribution in [2.24, 2.45) is 0 Å². The molecule has 136 valence electrons. The minimum Gasteiger partial charge on any atom is -0.456 e. The van der Waals surface area contributed by atoms with Gasteiger partial charge in [-0.15, -0.1) is 0 Å². The van der Waals surface area contributed by atoms with Crippen LogP contribution in [0.15, 0.2) is 0 Å². The molecule has 0 saturated heterocycles. The van der Waals surface area contributed by atoms with E-state index in [0.717, 1.165) is 16.6 Å². The van der Waals surface area contributed by atoms with Gasteiger partial charge in [0.1, 0.15) is 0 Å². The molecule has 1 nitrogen and oxygen atoms in total. The molecule has 0 N–H and O–H groups in total. The maximum absolute atomic E-state index is 5.90. The summed E-state index contributed by atoms with van der Waals surface area (Å²) >= 11 is 0. The molecule has 0 aromatic heterocycles. The summed E-state index contributed by atoms with van der Waals surface area (Å²) < 4.78 is 5.90. The molecule has 0 fully saturated rings. The Kier molecular flexibility index (Phi) is 11.1. The average molecular weight is 363 g/mol. The maximum Gasteiger partial charge on any atom is 0.170 e. The van der Waals surface area contributed by atoms with Crippen LogP contribution >= 0.6 is 0 Å². The van der Waals surface area contributed by atoms with E-state index in [2.05, 4.69) is 87.7 Å². The molecule has 0 rings (SSSR count). The first-order chi connectivity index (χ1) is 9.60. The summed E-state index contributed by atoms with van der Waals surface area (Å²) in [4.78, 5) is 0. The highest BCUT2D eigenvalue weighted by atomic mass is 28.4. The van der Waals surface area contributed by atoms with Crippen LogP contribution < -0.4 is 0 Å². The Hall–Kier alpha value is 0.611. The lowest BCUT2D eigenvalue weighted by molar-refractivity contribution is 0.559. The van der Waals surface area contributed by atoms with Crippen molar-refractivity contribution in [3.8, 4) is 0 Å². The Labute approximate surface area is 145 Å². The van der Waals surface area contributed by atoms with Gasteiger partial charge in [0, 0.05) is 0 Å². The van der Waals surface area contributed by atoms with Crippen molar-refractivity contribution in [1.29, 1.82) is 0 Å². The predicted molar refractivity (Wildman–Crippen MR) is 114 cm³/mol. The molecule has 0 aliphatic rings. The third-order valence-corrected chi connectivity index (χ3v) is 17.2. The van der Waals surface area contributed by atoms with E-state index in [1.165, 1.54) is 12.5 Å². The molecule has 0 aliphatic carbocycles. The summed E-state index contributed by atoms with van der Waals surface area (Å²) in [5.41, 5.74) is 2.81. The van der Waals surface area contributed by atoms with Gasteiger partial charge in [0.25, 0.3) is 0 Å². The third-order valence-electron chi connectivity index (χ3n) is 4.52. The van der Waals surface area contributed by atoms with Crippen molar-refractivity contribution >= 4 is 24.7 Å². The van der Waals surface area contributed by atoms with Crippen LogP contribution in [-0.2, 0) is 4.12 Å². The van der Waals surface area contributed by atoms with E-state index in [9.17, 15) is 0 Å². The van der Waals surface area contributed by atoms with E-state index in [0.29, 0.717) is 0 Å². The van der Waals surface area contributed by atoms with Crippen LogP contribution in [-0.4, -0.2) is 24.7 Å². The third kappa shape index (κ3) is 9.68. The van der Waals surface area contributed by atoms with Crippen LogP contribution in [0.1, 0.15) is 54.9 Å². The molecule has 0 spiro atoms. The molecule has 0 bridgehead atoms. The van der Waals surface area contributed by atoms with E-state index in [1.54, 1.807) is 0 Å². The van der Waals surface area contributed by atoms with Gasteiger partial charge in [-0.1, -0.05) is 77.6 Å². The number of hydrogen-bond donors (Lipinski definition) is 0. The molecule has 0 radical (unpaired) electrons. The summed E-state index contributed by atoms with van der Waals surface area (Å²) in [6, 6.07) is 1.51. The standard InChI is InChI=1S/C12H28Si.C6H18OSi2/c1-8-9-13(10(2)3,11(4)5)12(6)7;1-8(2,3)7-9(4,5)6/h10-12H,8-9H2,1-7H3;1-6H3. The second kappa shape index (κ2) is 9.80. The fourth-order valence-electron chi connectivity index (χ4n) is 4.22. The Bertz CT molecular complexity index is 252. The molecular formula is C18H46OSi3. The Morgan fingerprint density at radius 3 is 0.955 bits per heavy atom. The monoisotopic (exact) mass is 362 g/mol. The zero-order valence-corrected chi connectivity index (χ0v) is 21.1. The second-order valence-corrected chi connectivity index (χ2v) is 25.1. The van der Waals surface area contributed by atoms with Gasteiger partial charge in [-0.2, -0.15) is 0 Å². The first-order valence-corrected chi connectivity index (χ1v) is 18.6. The van der Waals surface area contributed by atoms with E-state index in [4.69, 9.17) is 4.12 Å². The van der Waals surface area contributed by atoms with Crippen molar-refractivity contribution in [3.63, 3.8) is 0 Å². The summed E-state index contributed by atoms with van der Waals surface area (Å²) in [7, 11) is -3.49. The van der Waals surface area contributed by atoms with Crippen molar-refractivity contribution in [2.75, 3.05) is 0 Å². The molecule has 0 heterocycles. The quantitative estimate of drug-likeness (QED) is 0.420. The van der Waals surface area contributed by atoms with Crippen molar-refractivity contribution < 1.29 is 4.12 Å². The molecular weight excluding hydrogens is 316 g/mol. The van der Waals surface area contributed by atoms with Crippen LogP contribution in [0.3, 0.4) is 0 Å². The molecule has 0 aliphatic heterocycles. The van der Waals surface area contributed by atoms with Gasteiger partial charge in [0.05, 0.1) is 8.07 Å². The van der Waals surface area contributed by atoms with Crippen LogP contribution in [0, 0.1) is 0 Å². The Morgan fingerprint density at radius 1 is 0.636 bits per heavy atom. The van der Waals surface area contributed by atoms with Gasteiger partial charge in [0.2, 0.25) is 0 Å². The summed E-state index contributed by atoms with van der Waals surface area (Å²) in [6.07, 6.45) is 1.38. The molecule has 0 aromatic rings. The normalized spacial score (nSPS) is 13.6. The largest absolute Gasteiger partial charge is 0.456 e. The minimum atomic E-state index is -1.23. The van der Waals surface area contributed by atoms with Gasteiger partial charge >= 0.3 is 0 Å². The van der Waals surface area contributed by atoms with Crippen molar-refractivity contribution in [3.05, 3.63) is 0 Å². The van der Waals surface area contributed by atoms with Gasteiger partial charge in [-0.3, -0.25) is 0 Å². The summed E-state index contributed by atoms with van der Waals surface area (Å²) in [6.45, 7) is 30.5. The summed E-state index contributed by atoms with van der Waals surface area (Å²) in [5.74, 6) is 0. The molecule has 0 saturated carbocycles. The van der Waals surface area contributed by atoms with Gasteiger partial charge in [0.15, 0.2) is 16.6 Å². The zero-order chi connectivity index (χ0) is 18.4. The highest BCUT2D eigenvalue weighted by molar-refractivity contribution is 6.84. The first kappa shape index (κ1) is 24.9. The van der Waals surface area contributed by atoms with E-state index < -0.39 is 24.7 Å². The average Bonchev–Trinajstić information content (AvgIpc) is 2.19. The van der Waals surface area contributed by atoms with E-state index in [1.807, 2.05) is 0 Å². The molecule has 0 unspecified atom stereocenters. The molecule has 0 amide bonds. The van der Waals surface area contributed by atoms with Crippen LogP contribution in [0.5, 0.6) is 0 Å². The SMILES string of the molecule is CCC[Si](C(C)C)(C(C)C)C(C)C.C[Si](C)(C)O[Si](C)(C)C. The van der Waals surface area contributed by atoms with E-state index >= 15 is 0 Å². The predicted octanol–water partition coefficient (Wildman–Crippen LogP) is 7.75. The first-order valence-electron chi connectivity index (χ1n) is 9.30. The Morgan fingerprint density at radius 2 is 0.909 bits per heavy atom. The fraction of sp³-hybridized carbons (Fsp3) is 1.00. The summed E-state index contributed by atoms with van der Waals surface area (Å²) in [5, 5.41) is 0. The van der Waals surface area contributed by atoms with Gasteiger partial charge < -0.3 is 4.12 Å². The lowest BCUT2D eigenvalue weighted by Gasteiger charge is -2.43. The van der Waals surface area contributed by atoms with Gasteiger partial charge in [-0.25, -0.2) is 0 Å². The lowest BCUT2D eigenvalue weighted by atomic mass is 10.5. The van der Waals surface area contributed by atoms with Crippen molar-refractivity contribution in [2.45, 2.75) is 117 Å². The molecule has 0 atom stereocenters. The molecule has 22 heavy (non-hydrogen) atoms. The molecule has 4 heteroatoms. The topological polar surface area (TPSA) is 9.23 Å². The van der Waals surface area contributed by atoms with Crippen molar-refractivity contribution in [1.82, 2.24) is 0 Å². The Balaban J connectivity index is 0. The maximum atomic E-state index is 5.90. The highest BCUT2D eigenvalue weighted by Gasteiger charge is 2.41. The second-order valence-electron chi connectivity index (χ2n) is 9.65. The number of rotatable bonds is 7. The molecule has 0 aromatic carbocycles.